The molecule has 3 aromatic heterocycles. The first kappa shape index (κ1) is 27.6. The smallest absolute Gasteiger partial charge is 0.333 e. The summed E-state index contributed by atoms with van der Waals surface area (Å²) < 4.78 is 27.6. The molecule has 0 aliphatic heterocycles. The van der Waals surface area contributed by atoms with E-state index in [9.17, 15) is 22.8 Å². The lowest BCUT2D eigenvalue weighted by atomic mass is 10.2. The monoisotopic (exact) mass is 616 g/mol. The normalized spacial score (nSPS) is 11.5. The molecule has 11 nitrogen and oxygen atoms in total. The van der Waals surface area contributed by atoms with Gasteiger partial charge in [0.2, 0.25) is 0 Å². The molecule has 0 saturated heterocycles. The highest BCUT2D eigenvalue weighted by Crippen LogP contribution is 2.25. The van der Waals surface area contributed by atoms with Crippen molar-refractivity contribution >= 4 is 72.6 Å². The van der Waals surface area contributed by atoms with Gasteiger partial charge in [-0.2, -0.15) is 0 Å². The molecule has 40 heavy (non-hydrogen) atoms. The minimum absolute atomic E-state index is 0.106. The number of urea groups is 1. The maximum atomic E-state index is 13.2. The number of aryl methyl sites for hydroxylation is 2. The number of halogens is 1. The van der Waals surface area contributed by atoms with Crippen LogP contribution in [-0.4, -0.2) is 29.0 Å². The number of rotatable bonds is 7. The molecule has 0 aliphatic carbocycles. The van der Waals surface area contributed by atoms with Crippen LogP contribution in [0.1, 0.15) is 15.6 Å². The highest BCUT2D eigenvalue weighted by Gasteiger charge is 2.20. The molecule has 0 bridgehead atoms. The van der Waals surface area contributed by atoms with Crippen LogP contribution in [0.15, 0.2) is 68.4 Å². The maximum absolute atomic E-state index is 13.2. The molecule has 206 valence electrons. The molecular formula is C25H21ClN6O5S3. The number of nitrogens with zero attached hydrogens (tertiary/aromatic N) is 2. The summed E-state index contributed by atoms with van der Waals surface area (Å²) in [7, 11) is -4.09. The molecular weight excluding hydrogens is 596 g/mol. The number of thiophene rings is 1. The van der Waals surface area contributed by atoms with E-state index in [-0.39, 0.29) is 19.9 Å². The molecule has 3 heterocycles. The third-order valence-electron chi connectivity index (χ3n) is 5.77. The summed E-state index contributed by atoms with van der Waals surface area (Å²) in [5.74, 6) is 0. The number of amides is 2. The zero-order valence-electron chi connectivity index (χ0n) is 20.9. The number of sulfonamides is 1. The SMILES string of the molecule is Cc1nc(C)c(CNc2ccc3c(=O)n(-c4ccc(NC(=O)NS(=O)(=O)c5ccc(Cl)s5)cc4)c(=O)[nH]c3c2)s1. The van der Waals surface area contributed by atoms with Crippen molar-refractivity contribution in [3.8, 4) is 5.69 Å². The van der Waals surface area contributed by atoms with Crippen LogP contribution in [0.3, 0.4) is 0 Å². The predicted molar refractivity (Wildman–Crippen MR) is 158 cm³/mol. The number of hydrogen-bond acceptors (Lipinski definition) is 9. The van der Waals surface area contributed by atoms with E-state index < -0.39 is 27.3 Å². The van der Waals surface area contributed by atoms with Crippen LogP contribution in [0.25, 0.3) is 16.6 Å². The number of aromatic amines is 1. The molecule has 0 atom stereocenters. The average Bonchev–Trinajstić information content (AvgIpc) is 3.47. The molecule has 0 saturated carbocycles. The van der Waals surface area contributed by atoms with E-state index in [1.165, 1.54) is 36.4 Å². The number of nitrogens with one attached hydrogen (secondary N) is 4. The van der Waals surface area contributed by atoms with Crippen molar-refractivity contribution in [3.63, 3.8) is 0 Å². The summed E-state index contributed by atoms with van der Waals surface area (Å²) in [6, 6.07) is 12.6. The number of carbonyl (C=O) groups excluding carboxylic acids is 1. The Bertz CT molecular complexity index is 1980. The van der Waals surface area contributed by atoms with Crippen LogP contribution in [0.2, 0.25) is 4.34 Å². The second-order valence-corrected chi connectivity index (χ2v) is 13.5. The molecule has 0 radical (unpaired) electrons. The maximum Gasteiger partial charge on any atom is 0.333 e. The predicted octanol–water partition coefficient (Wildman–Crippen LogP) is 4.59. The van der Waals surface area contributed by atoms with Gasteiger partial charge in [0.05, 0.1) is 38.2 Å². The van der Waals surface area contributed by atoms with E-state index in [2.05, 4.69) is 20.6 Å². The second-order valence-electron chi connectivity index (χ2n) is 8.59. The Kier molecular flexibility index (Phi) is 7.51. The molecule has 0 unspecified atom stereocenters. The van der Waals surface area contributed by atoms with Crippen LogP contribution >= 0.6 is 34.3 Å². The van der Waals surface area contributed by atoms with E-state index >= 15 is 0 Å². The summed E-state index contributed by atoms with van der Waals surface area (Å²) in [5, 5.41) is 7.00. The first-order valence-corrected chi connectivity index (χ1v) is 15.1. The largest absolute Gasteiger partial charge is 0.380 e. The Hall–Kier alpha value is -3.98. The number of anilines is 2. The molecule has 5 aromatic rings. The Morgan fingerprint density at radius 2 is 1.75 bits per heavy atom. The van der Waals surface area contributed by atoms with Crippen molar-refractivity contribution in [2.75, 3.05) is 10.6 Å². The van der Waals surface area contributed by atoms with Gasteiger partial charge in [-0.25, -0.2) is 32.3 Å². The number of aromatic nitrogens is 3. The standard InChI is InChI=1S/C25H21ClN6O5S3/c1-13-20(38-14(2)28-13)12-27-16-5-8-18-19(11-16)30-25(35)32(23(18)33)17-6-3-15(4-7-17)29-24(34)31-40(36,37)22-10-9-21(26)39-22/h3-11,27H,12H2,1-2H3,(H,30,35)(H2,29,31,34). The van der Waals surface area contributed by atoms with Gasteiger partial charge in [0.25, 0.3) is 15.6 Å². The van der Waals surface area contributed by atoms with Gasteiger partial charge in [-0.05, 0) is 68.4 Å². The van der Waals surface area contributed by atoms with Gasteiger partial charge in [-0.15, -0.1) is 22.7 Å². The third kappa shape index (κ3) is 5.79. The molecule has 0 fully saturated rings. The first-order chi connectivity index (χ1) is 19.0. The second kappa shape index (κ2) is 10.9. The topological polar surface area (TPSA) is 155 Å². The summed E-state index contributed by atoms with van der Waals surface area (Å²) >= 11 is 8.19. The zero-order valence-corrected chi connectivity index (χ0v) is 24.1. The highest BCUT2D eigenvalue weighted by atomic mass is 35.5. The number of hydrogen-bond donors (Lipinski definition) is 4. The van der Waals surface area contributed by atoms with Gasteiger partial charge in [0, 0.05) is 16.3 Å². The van der Waals surface area contributed by atoms with Crippen LogP contribution in [0.4, 0.5) is 16.2 Å². The molecule has 0 aliphatic rings. The molecule has 0 spiro atoms. The molecule has 2 amide bonds. The minimum Gasteiger partial charge on any atom is -0.380 e. The van der Waals surface area contributed by atoms with E-state index in [1.807, 2.05) is 18.6 Å². The van der Waals surface area contributed by atoms with Gasteiger partial charge in [-0.1, -0.05) is 11.6 Å². The fourth-order valence-electron chi connectivity index (χ4n) is 3.95. The van der Waals surface area contributed by atoms with Gasteiger partial charge in [0.1, 0.15) is 4.21 Å². The third-order valence-corrected chi connectivity index (χ3v) is 9.90. The van der Waals surface area contributed by atoms with Crippen molar-refractivity contribution in [1.29, 1.82) is 0 Å². The minimum atomic E-state index is -4.09. The lowest BCUT2D eigenvalue weighted by molar-refractivity contribution is 0.256. The van der Waals surface area contributed by atoms with Gasteiger partial charge in [-0.3, -0.25) is 4.79 Å². The van der Waals surface area contributed by atoms with Crippen molar-refractivity contribution in [2.24, 2.45) is 0 Å². The van der Waals surface area contributed by atoms with Crippen molar-refractivity contribution in [3.05, 3.63) is 95.4 Å². The van der Waals surface area contributed by atoms with Crippen molar-refractivity contribution in [2.45, 2.75) is 24.6 Å². The van der Waals surface area contributed by atoms with Crippen LogP contribution in [-0.2, 0) is 16.6 Å². The molecule has 4 N–H and O–H groups in total. The fourth-order valence-corrected chi connectivity index (χ4v) is 7.21. The van der Waals surface area contributed by atoms with Crippen LogP contribution < -0.4 is 26.6 Å². The number of thiazole rings is 1. The molecule has 15 heteroatoms. The fraction of sp³-hybridized carbons (Fsp3) is 0.120. The van der Waals surface area contributed by atoms with Crippen molar-refractivity contribution < 1.29 is 13.2 Å². The Labute approximate surface area is 240 Å². The lowest BCUT2D eigenvalue weighted by Crippen LogP contribution is -2.34. The van der Waals surface area contributed by atoms with E-state index in [0.717, 1.165) is 37.2 Å². The average molecular weight is 617 g/mol. The van der Waals surface area contributed by atoms with Gasteiger partial charge < -0.3 is 15.6 Å². The molecule has 2 aromatic carbocycles. The summed E-state index contributed by atoms with van der Waals surface area (Å²) in [5.41, 5.74) is 1.44. The zero-order chi connectivity index (χ0) is 28.6. The first-order valence-electron chi connectivity index (χ1n) is 11.7. The van der Waals surface area contributed by atoms with Crippen LogP contribution in [0, 0.1) is 13.8 Å². The highest BCUT2D eigenvalue weighted by molar-refractivity contribution is 7.92. The number of fused-ring (bicyclic) bond motifs is 1. The number of H-pyrrole nitrogens is 1. The van der Waals surface area contributed by atoms with Gasteiger partial charge in [0.15, 0.2) is 0 Å². The Balaban J connectivity index is 1.32. The lowest BCUT2D eigenvalue weighted by Gasteiger charge is -2.11. The summed E-state index contributed by atoms with van der Waals surface area (Å²) in [6.45, 7) is 4.47. The summed E-state index contributed by atoms with van der Waals surface area (Å²) in [4.78, 5) is 46.6. The van der Waals surface area contributed by atoms with Gasteiger partial charge >= 0.3 is 11.7 Å². The van der Waals surface area contributed by atoms with E-state index in [1.54, 1.807) is 29.5 Å². The number of carbonyl (C=O) groups is 1. The quantitative estimate of drug-likeness (QED) is 0.208. The Morgan fingerprint density at radius 3 is 2.40 bits per heavy atom. The van der Waals surface area contributed by atoms with Crippen LogP contribution in [0.5, 0.6) is 0 Å². The molecule has 5 rings (SSSR count). The van der Waals surface area contributed by atoms with E-state index in [0.29, 0.717) is 17.4 Å². The van der Waals surface area contributed by atoms with Crippen molar-refractivity contribution in [1.82, 2.24) is 19.3 Å². The Morgan fingerprint density at radius 1 is 1.02 bits per heavy atom. The summed E-state index contributed by atoms with van der Waals surface area (Å²) in [6.07, 6.45) is 0. The number of benzene rings is 2. The van der Waals surface area contributed by atoms with E-state index in [4.69, 9.17) is 11.6 Å².